The average molecular weight is 778 g/mol. The van der Waals surface area contributed by atoms with Gasteiger partial charge in [-0.1, -0.05) is 194 Å². The Balaban J connectivity index is 1.06. The lowest BCUT2D eigenvalue weighted by Crippen LogP contribution is -2.01. The van der Waals surface area contributed by atoms with Crippen LogP contribution < -0.4 is 0 Å². The Hall–Kier alpha value is -8.21. The summed E-state index contributed by atoms with van der Waals surface area (Å²) in [6, 6.07) is 74.8. The number of rotatable bonds is 6. The van der Waals surface area contributed by atoms with Gasteiger partial charge in [0.1, 0.15) is 11.2 Å². The average Bonchev–Trinajstić information content (AvgIpc) is 3.73. The Kier molecular flexibility index (Phi) is 8.13. The second-order valence-electron chi connectivity index (χ2n) is 15.4. The third kappa shape index (κ3) is 5.80. The zero-order chi connectivity index (χ0) is 40.3. The molecule has 0 atom stereocenters. The van der Waals surface area contributed by atoms with Crippen molar-refractivity contribution in [3.8, 4) is 67.5 Å². The Morgan fingerprint density at radius 2 is 0.738 bits per heavy atom. The summed E-state index contributed by atoms with van der Waals surface area (Å²) in [4.78, 5) is 15.5. The van der Waals surface area contributed by atoms with Crippen LogP contribution in [-0.4, -0.2) is 15.0 Å². The molecule has 0 amide bonds. The molecule has 0 bridgehead atoms. The van der Waals surface area contributed by atoms with E-state index in [1.165, 1.54) is 49.4 Å². The van der Waals surface area contributed by atoms with E-state index < -0.39 is 0 Å². The summed E-state index contributed by atoms with van der Waals surface area (Å²) < 4.78 is 6.49. The topological polar surface area (TPSA) is 51.8 Å². The van der Waals surface area contributed by atoms with Crippen LogP contribution in [0.2, 0.25) is 0 Å². The van der Waals surface area contributed by atoms with Gasteiger partial charge >= 0.3 is 0 Å². The quantitative estimate of drug-likeness (QED) is 0.169. The second kappa shape index (κ2) is 14.3. The lowest BCUT2D eigenvalue weighted by atomic mass is 9.85. The molecule has 0 aliphatic rings. The molecule has 0 saturated heterocycles. The van der Waals surface area contributed by atoms with Crippen molar-refractivity contribution in [2.24, 2.45) is 0 Å². The fraction of sp³-hybridized carbons (Fsp3) is 0. The number of hydrogen-bond acceptors (Lipinski definition) is 4. The van der Waals surface area contributed by atoms with Crippen LogP contribution in [0.25, 0.3) is 122 Å². The van der Waals surface area contributed by atoms with Gasteiger partial charge in [0.25, 0.3) is 0 Å². The Bertz CT molecular complexity index is 3650. The lowest BCUT2D eigenvalue weighted by molar-refractivity contribution is 0.669. The Morgan fingerprint density at radius 1 is 0.262 bits per heavy atom. The van der Waals surface area contributed by atoms with Gasteiger partial charge in [-0.05, 0) is 83.9 Å². The monoisotopic (exact) mass is 777 g/mol. The predicted molar refractivity (Wildman–Crippen MR) is 252 cm³/mol. The van der Waals surface area contributed by atoms with Crippen LogP contribution in [0, 0.1) is 0 Å². The fourth-order valence-electron chi connectivity index (χ4n) is 9.16. The van der Waals surface area contributed by atoms with Gasteiger partial charge in [-0.3, -0.25) is 0 Å². The van der Waals surface area contributed by atoms with Crippen LogP contribution in [0.1, 0.15) is 0 Å². The van der Waals surface area contributed by atoms with Gasteiger partial charge in [0.2, 0.25) is 0 Å². The second-order valence-corrected chi connectivity index (χ2v) is 15.4. The van der Waals surface area contributed by atoms with Crippen LogP contribution in [0.15, 0.2) is 217 Å². The van der Waals surface area contributed by atoms with E-state index in [9.17, 15) is 0 Å². The molecule has 0 fully saturated rings. The van der Waals surface area contributed by atoms with E-state index >= 15 is 0 Å². The molecule has 61 heavy (non-hydrogen) atoms. The molecule has 4 heteroatoms. The Morgan fingerprint density at radius 3 is 1.44 bits per heavy atom. The van der Waals surface area contributed by atoms with E-state index in [0.29, 0.717) is 17.5 Å². The van der Waals surface area contributed by atoms with Gasteiger partial charge in [0.05, 0.1) is 5.56 Å². The predicted octanol–water partition coefficient (Wildman–Crippen LogP) is 15.2. The summed E-state index contributed by atoms with van der Waals surface area (Å²) in [7, 11) is 0. The normalized spacial score (nSPS) is 11.6. The highest BCUT2D eigenvalue weighted by Gasteiger charge is 2.21. The standard InChI is InChI=1S/C57H35N3O/c1-3-16-36(17-4-1)40-31-30-37-18-7-8-21-39(37)53(40)48-34-32-45(41-22-9-11-24-43(41)48)46-33-35-50(44-25-12-10-23-42(44)46)56-58-55(38-19-5-2-6-20-38)59-57(60-56)51-28-15-27-49-47-26-13-14-29-52(47)61-54(49)51/h1-35H. The van der Waals surface area contributed by atoms with Crippen molar-refractivity contribution in [3.63, 3.8) is 0 Å². The third-order valence-corrected chi connectivity index (χ3v) is 12.0. The fourth-order valence-corrected chi connectivity index (χ4v) is 9.16. The molecule has 0 radical (unpaired) electrons. The summed E-state index contributed by atoms with van der Waals surface area (Å²) in [6.45, 7) is 0. The minimum atomic E-state index is 0.562. The van der Waals surface area contributed by atoms with E-state index in [4.69, 9.17) is 19.4 Å². The van der Waals surface area contributed by atoms with Crippen LogP contribution >= 0.6 is 0 Å². The van der Waals surface area contributed by atoms with Crippen molar-refractivity contribution in [2.75, 3.05) is 0 Å². The number of fused-ring (bicyclic) bond motifs is 6. The molecule has 12 aromatic rings. The first-order valence-electron chi connectivity index (χ1n) is 20.6. The molecule has 12 rings (SSSR count). The first kappa shape index (κ1) is 34.8. The SMILES string of the molecule is c1ccc(-c2nc(-c3ccc(-c4ccc(-c5c(-c6ccccc6)ccc6ccccc56)c5ccccc45)c4ccccc34)nc(-c3cccc4c3oc3ccccc34)n2)cc1. The van der Waals surface area contributed by atoms with Crippen molar-refractivity contribution in [3.05, 3.63) is 212 Å². The van der Waals surface area contributed by atoms with Crippen LogP contribution in [-0.2, 0) is 0 Å². The van der Waals surface area contributed by atoms with Crippen molar-refractivity contribution in [1.82, 2.24) is 15.0 Å². The minimum Gasteiger partial charge on any atom is -0.455 e. The van der Waals surface area contributed by atoms with Crippen molar-refractivity contribution in [1.29, 1.82) is 0 Å². The molecule has 2 aromatic heterocycles. The molecule has 0 aliphatic carbocycles. The van der Waals surface area contributed by atoms with Gasteiger partial charge in [-0.25, -0.2) is 15.0 Å². The van der Waals surface area contributed by atoms with E-state index in [1.807, 2.05) is 60.7 Å². The lowest BCUT2D eigenvalue weighted by Gasteiger charge is -2.19. The maximum atomic E-state index is 6.49. The van der Waals surface area contributed by atoms with E-state index in [2.05, 4.69) is 152 Å². The maximum Gasteiger partial charge on any atom is 0.167 e. The first-order valence-corrected chi connectivity index (χ1v) is 20.6. The van der Waals surface area contributed by atoms with Crippen molar-refractivity contribution in [2.45, 2.75) is 0 Å². The van der Waals surface area contributed by atoms with Crippen molar-refractivity contribution < 1.29 is 4.42 Å². The molecule has 284 valence electrons. The number of furan rings is 1. The molecule has 0 spiro atoms. The zero-order valence-electron chi connectivity index (χ0n) is 33.0. The number of aromatic nitrogens is 3. The highest BCUT2D eigenvalue weighted by atomic mass is 16.3. The van der Waals surface area contributed by atoms with Crippen molar-refractivity contribution >= 4 is 54.3 Å². The number of nitrogens with zero attached hydrogens (tertiary/aromatic N) is 3. The molecule has 0 unspecified atom stereocenters. The molecule has 0 saturated carbocycles. The highest BCUT2D eigenvalue weighted by molar-refractivity contribution is 6.16. The highest BCUT2D eigenvalue weighted by Crippen LogP contribution is 2.45. The van der Waals surface area contributed by atoms with Gasteiger partial charge in [0, 0.05) is 21.9 Å². The maximum absolute atomic E-state index is 6.49. The zero-order valence-corrected chi connectivity index (χ0v) is 33.0. The molecular weight excluding hydrogens is 743 g/mol. The van der Waals surface area contributed by atoms with E-state index in [1.54, 1.807) is 0 Å². The molecule has 10 aromatic carbocycles. The molecule has 0 N–H and O–H groups in total. The largest absolute Gasteiger partial charge is 0.455 e. The molecule has 2 heterocycles. The summed E-state index contributed by atoms with van der Waals surface area (Å²) in [6.07, 6.45) is 0. The summed E-state index contributed by atoms with van der Waals surface area (Å²) in [5, 5.41) is 9.13. The van der Waals surface area contributed by atoms with Gasteiger partial charge in [-0.2, -0.15) is 0 Å². The van der Waals surface area contributed by atoms with Gasteiger partial charge < -0.3 is 4.42 Å². The molecule has 0 aliphatic heterocycles. The summed E-state index contributed by atoms with van der Waals surface area (Å²) >= 11 is 0. The minimum absolute atomic E-state index is 0.562. The number of hydrogen-bond donors (Lipinski definition) is 0. The number of benzene rings is 10. The van der Waals surface area contributed by atoms with E-state index in [0.717, 1.165) is 55.0 Å². The molecular formula is C57H35N3O. The van der Waals surface area contributed by atoms with Crippen LogP contribution in [0.5, 0.6) is 0 Å². The van der Waals surface area contributed by atoms with Gasteiger partial charge in [0.15, 0.2) is 17.5 Å². The summed E-state index contributed by atoms with van der Waals surface area (Å²) in [5.41, 5.74) is 11.4. The third-order valence-electron chi connectivity index (χ3n) is 12.0. The smallest absolute Gasteiger partial charge is 0.167 e. The van der Waals surface area contributed by atoms with Crippen LogP contribution in [0.4, 0.5) is 0 Å². The van der Waals surface area contributed by atoms with Gasteiger partial charge in [-0.15, -0.1) is 0 Å². The Labute approximate surface area is 352 Å². The number of para-hydroxylation sites is 2. The van der Waals surface area contributed by atoms with E-state index in [-0.39, 0.29) is 0 Å². The first-order chi connectivity index (χ1) is 30.3. The summed E-state index contributed by atoms with van der Waals surface area (Å²) in [5.74, 6) is 1.77. The van der Waals surface area contributed by atoms with Crippen LogP contribution in [0.3, 0.4) is 0 Å². The molecule has 4 nitrogen and oxygen atoms in total.